The van der Waals surface area contributed by atoms with E-state index in [9.17, 15) is 9.59 Å². The predicted octanol–water partition coefficient (Wildman–Crippen LogP) is 3.83. The summed E-state index contributed by atoms with van der Waals surface area (Å²) in [5.74, 6) is -0.340. The number of aromatic carboxylic acids is 1. The molecule has 6 nitrogen and oxygen atoms in total. The molecule has 0 saturated heterocycles. The first-order valence-corrected chi connectivity index (χ1v) is 8.06. The van der Waals surface area contributed by atoms with E-state index >= 15 is 0 Å². The van der Waals surface area contributed by atoms with Crippen molar-refractivity contribution in [1.82, 2.24) is 0 Å². The summed E-state index contributed by atoms with van der Waals surface area (Å²) < 4.78 is 11.0. The van der Waals surface area contributed by atoms with Crippen molar-refractivity contribution in [2.75, 3.05) is 12.4 Å². The fourth-order valence-corrected chi connectivity index (χ4v) is 2.27. The number of hydrogen-bond acceptors (Lipinski definition) is 4. The third kappa shape index (κ3) is 5.11. The van der Waals surface area contributed by atoms with E-state index in [1.54, 1.807) is 43.5 Å². The smallest absolute Gasteiger partial charge is 0.337 e. The summed E-state index contributed by atoms with van der Waals surface area (Å²) in [5, 5.41) is 11.7. The van der Waals surface area contributed by atoms with Crippen LogP contribution in [0.3, 0.4) is 0 Å². The minimum absolute atomic E-state index is 0.0149. The van der Waals surface area contributed by atoms with E-state index in [0.29, 0.717) is 11.5 Å². The largest absolute Gasteiger partial charge is 0.493 e. The Morgan fingerprint density at radius 2 is 1.85 bits per heavy atom. The van der Waals surface area contributed by atoms with E-state index in [0.717, 1.165) is 5.56 Å². The van der Waals surface area contributed by atoms with E-state index in [1.807, 2.05) is 13.8 Å². The van der Waals surface area contributed by atoms with Crippen LogP contribution in [0.25, 0.3) is 6.08 Å². The van der Waals surface area contributed by atoms with Crippen molar-refractivity contribution in [2.24, 2.45) is 0 Å². The zero-order chi connectivity index (χ0) is 19.1. The summed E-state index contributed by atoms with van der Waals surface area (Å²) >= 11 is 0. The highest BCUT2D eigenvalue weighted by atomic mass is 16.5. The van der Waals surface area contributed by atoms with Gasteiger partial charge in [-0.25, -0.2) is 4.79 Å². The predicted molar refractivity (Wildman–Crippen MR) is 99.8 cm³/mol. The maximum Gasteiger partial charge on any atom is 0.337 e. The number of rotatable bonds is 7. The van der Waals surface area contributed by atoms with Crippen LogP contribution in [-0.2, 0) is 4.79 Å². The number of anilines is 1. The molecule has 0 bridgehead atoms. The molecule has 2 rings (SSSR count). The molecule has 0 aliphatic carbocycles. The van der Waals surface area contributed by atoms with E-state index in [4.69, 9.17) is 14.6 Å². The van der Waals surface area contributed by atoms with Crippen LogP contribution in [0, 0.1) is 0 Å². The Kier molecular flexibility index (Phi) is 6.38. The molecule has 0 spiro atoms. The lowest BCUT2D eigenvalue weighted by atomic mass is 10.1. The van der Waals surface area contributed by atoms with Crippen LogP contribution < -0.4 is 14.8 Å². The van der Waals surface area contributed by atoms with E-state index in [2.05, 4.69) is 5.32 Å². The van der Waals surface area contributed by atoms with E-state index in [-0.39, 0.29) is 17.4 Å². The Morgan fingerprint density at radius 1 is 1.12 bits per heavy atom. The first-order chi connectivity index (χ1) is 12.4. The Hall–Kier alpha value is -3.28. The van der Waals surface area contributed by atoms with Gasteiger partial charge in [0.15, 0.2) is 11.5 Å². The summed E-state index contributed by atoms with van der Waals surface area (Å²) in [6.45, 7) is 3.82. The van der Waals surface area contributed by atoms with Crippen LogP contribution in [0.5, 0.6) is 11.5 Å². The normalized spacial score (nSPS) is 10.8. The maximum atomic E-state index is 12.1. The van der Waals surface area contributed by atoms with Crippen LogP contribution in [-0.4, -0.2) is 30.2 Å². The molecule has 0 unspecified atom stereocenters. The van der Waals surface area contributed by atoms with Gasteiger partial charge in [0, 0.05) is 6.08 Å². The molecule has 0 aliphatic heterocycles. The molecule has 0 aliphatic rings. The molecule has 0 saturated carbocycles. The molecular weight excluding hydrogens is 334 g/mol. The molecule has 2 aromatic rings. The lowest BCUT2D eigenvalue weighted by molar-refractivity contribution is -0.111. The summed E-state index contributed by atoms with van der Waals surface area (Å²) in [6, 6.07) is 11.6. The van der Waals surface area contributed by atoms with Crippen molar-refractivity contribution in [3.8, 4) is 11.5 Å². The lowest BCUT2D eigenvalue weighted by Gasteiger charge is -2.14. The van der Waals surface area contributed by atoms with Gasteiger partial charge in [-0.1, -0.05) is 18.2 Å². The van der Waals surface area contributed by atoms with Gasteiger partial charge in [0.05, 0.1) is 24.5 Å². The number of para-hydroxylation sites is 1. The van der Waals surface area contributed by atoms with Crippen molar-refractivity contribution < 1.29 is 24.2 Å². The zero-order valence-electron chi connectivity index (χ0n) is 14.9. The molecule has 0 fully saturated rings. The molecule has 0 aromatic heterocycles. The number of amides is 1. The van der Waals surface area contributed by atoms with Gasteiger partial charge in [-0.3, -0.25) is 4.79 Å². The molecule has 2 N–H and O–H groups in total. The second-order valence-electron chi connectivity index (χ2n) is 5.75. The number of nitrogens with one attached hydrogen (secondary N) is 1. The van der Waals surface area contributed by atoms with Gasteiger partial charge < -0.3 is 19.9 Å². The number of carbonyl (C=O) groups is 2. The standard InChI is InChI=1S/C20H21NO5/c1-13(2)26-18-12-14(8-10-17(18)25-3)9-11-19(22)21-16-7-5-4-6-15(16)20(23)24/h4-13H,1-3H3,(H,21,22)(H,23,24)/b11-9+. The molecule has 0 heterocycles. The van der Waals surface area contributed by atoms with Gasteiger partial charge in [0.1, 0.15) is 0 Å². The van der Waals surface area contributed by atoms with Gasteiger partial charge in [0.2, 0.25) is 5.91 Å². The molecule has 1 amide bonds. The number of hydrogen-bond donors (Lipinski definition) is 2. The topological polar surface area (TPSA) is 84.9 Å². The first kappa shape index (κ1) is 19.1. The third-order valence-electron chi connectivity index (χ3n) is 3.39. The Morgan fingerprint density at radius 3 is 2.50 bits per heavy atom. The Balaban J connectivity index is 2.14. The Bertz CT molecular complexity index is 827. The van der Waals surface area contributed by atoms with Crippen molar-refractivity contribution >= 4 is 23.6 Å². The SMILES string of the molecule is COc1ccc(/C=C/C(=O)Nc2ccccc2C(=O)O)cc1OC(C)C. The molecule has 6 heteroatoms. The van der Waals surface area contributed by atoms with Crippen LogP contribution in [0.15, 0.2) is 48.5 Å². The highest BCUT2D eigenvalue weighted by molar-refractivity contribution is 6.06. The zero-order valence-corrected chi connectivity index (χ0v) is 14.9. The van der Waals surface area contributed by atoms with Crippen LogP contribution in [0.1, 0.15) is 29.8 Å². The number of methoxy groups -OCH3 is 1. The maximum absolute atomic E-state index is 12.1. The number of carboxylic acids is 1. The van der Waals surface area contributed by atoms with Crippen molar-refractivity contribution in [2.45, 2.75) is 20.0 Å². The van der Waals surface area contributed by atoms with Gasteiger partial charge in [-0.15, -0.1) is 0 Å². The van der Waals surface area contributed by atoms with Crippen molar-refractivity contribution in [3.63, 3.8) is 0 Å². The van der Waals surface area contributed by atoms with Gasteiger partial charge >= 0.3 is 5.97 Å². The molecule has 0 atom stereocenters. The van der Waals surface area contributed by atoms with E-state index < -0.39 is 11.9 Å². The number of benzene rings is 2. The summed E-state index contributed by atoms with van der Waals surface area (Å²) in [5.41, 5.74) is 1.03. The fraction of sp³-hybridized carbons (Fsp3) is 0.200. The molecule has 0 radical (unpaired) electrons. The third-order valence-corrected chi connectivity index (χ3v) is 3.39. The van der Waals surface area contributed by atoms with E-state index in [1.165, 1.54) is 18.2 Å². The van der Waals surface area contributed by atoms with Crippen LogP contribution in [0.4, 0.5) is 5.69 Å². The number of carbonyl (C=O) groups excluding carboxylic acids is 1. The summed E-state index contributed by atoms with van der Waals surface area (Å²) in [4.78, 5) is 23.3. The average molecular weight is 355 g/mol. The Labute approximate surface area is 152 Å². The molecule has 136 valence electrons. The van der Waals surface area contributed by atoms with Crippen LogP contribution in [0.2, 0.25) is 0 Å². The first-order valence-electron chi connectivity index (χ1n) is 8.06. The monoisotopic (exact) mass is 355 g/mol. The van der Waals surface area contributed by atoms with Crippen molar-refractivity contribution in [3.05, 3.63) is 59.7 Å². The summed E-state index contributed by atoms with van der Waals surface area (Å²) in [6.07, 6.45) is 2.93. The highest BCUT2D eigenvalue weighted by Gasteiger charge is 2.10. The summed E-state index contributed by atoms with van der Waals surface area (Å²) in [7, 11) is 1.56. The van der Waals surface area contributed by atoms with Crippen molar-refractivity contribution in [1.29, 1.82) is 0 Å². The van der Waals surface area contributed by atoms with Gasteiger partial charge in [0.25, 0.3) is 0 Å². The molecule has 26 heavy (non-hydrogen) atoms. The average Bonchev–Trinajstić information content (AvgIpc) is 2.60. The second-order valence-corrected chi connectivity index (χ2v) is 5.75. The lowest BCUT2D eigenvalue weighted by Crippen LogP contribution is -2.11. The molecular formula is C20H21NO5. The quantitative estimate of drug-likeness (QED) is 0.737. The second kappa shape index (κ2) is 8.71. The minimum atomic E-state index is -1.10. The minimum Gasteiger partial charge on any atom is -0.493 e. The highest BCUT2D eigenvalue weighted by Crippen LogP contribution is 2.29. The fourth-order valence-electron chi connectivity index (χ4n) is 2.27. The van der Waals surface area contributed by atoms with Crippen LogP contribution >= 0.6 is 0 Å². The number of carboxylic acid groups (broad SMARTS) is 1. The van der Waals surface area contributed by atoms with Gasteiger partial charge in [-0.2, -0.15) is 0 Å². The molecule has 2 aromatic carbocycles. The van der Waals surface area contributed by atoms with Gasteiger partial charge in [-0.05, 0) is 49.8 Å². The number of ether oxygens (including phenoxy) is 2.